The summed E-state index contributed by atoms with van der Waals surface area (Å²) in [6.07, 6.45) is -4.03. The molecule has 0 aromatic carbocycles. The molecule has 1 aliphatic rings. The molecule has 5 atom stereocenters. The van der Waals surface area contributed by atoms with Crippen molar-refractivity contribution in [3.63, 3.8) is 0 Å². The highest BCUT2D eigenvalue weighted by Gasteiger charge is 2.52. The Labute approximate surface area is 182 Å². The zero-order chi connectivity index (χ0) is 24.0. The molecule has 1 aromatic rings. The predicted molar refractivity (Wildman–Crippen MR) is 102 cm³/mol. The average Bonchev–Trinajstić information content (AvgIpc) is 3.12. The summed E-state index contributed by atoms with van der Waals surface area (Å²) in [7, 11) is 0. The number of nitrogens with two attached hydrogens (primary N) is 1. The van der Waals surface area contributed by atoms with Crippen LogP contribution < -0.4 is 15.8 Å². The third kappa shape index (κ3) is 6.41. The number of H-pyrrole nitrogens is 1. The SMILES string of the molecule is CC(=O)N[C@@H]1[C@H](Oc2nc[nH]c2C(N)=O)O[C@H](COC(C)=O)[C@@H](OC(C)=O)[C@@H]1OC(C)=O. The molecule has 0 saturated carbocycles. The zero-order valence-electron chi connectivity index (χ0n) is 17.8. The maximum atomic E-state index is 11.9. The Morgan fingerprint density at radius 2 is 1.69 bits per heavy atom. The van der Waals surface area contributed by atoms with Crippen molar-refractivity contribution in [3.05, 3.63) is 12.0 Å². The number of rotatable bonds is 8. The number of carbonyl (C=O) groups is 5. The number of carbonyl (C=O) groups excluding carboxylic acids is 5. The molecular weight excluding hydrogens is 432 g/mol. The summed E-state index contributed by atoms with van der Waals surface area (Å²) in [4.78, 5) is 64.6. The topological polar surface area (TPSA) is 198 Å². The molecule has 1 saturated heterocycles. The lowest BCUT2D eigenvalue weighted by atomic mass is 9.96. The Bertz CT molecular complexity index is 885. The van der Waals surface area contributed by atoms with E-state index in [2.05, 4.69) is 15.3 Å². The van der Waals surface area contributed by atoms with E-state index in [4.69, 9.17) is 29.4 Å². The van der Waals surface area contributed by atoms with Gasteiger partial charge in [-0.2, -0.15) is 0 Å². The van der Waals surface area contributed by atoms with E-state index in [1.807, 2.05) is 0 Å². The number of amides is 2. The van der Waals surface area contributed by atoms with Crippen molar-refractivity contribution in [1.82, 2.24) is 15.3 Å². The lowest BCUT2D eigenvalue weighted by Crippen LogP contribution is -2.67. The summed E-state index contributed by atoms with van der Waals surface area (Å²) < 4.78 is 27.0. The Kier molecular flexibility index (Phi) is 8.12. The highest BCUT2D eigenvalue weighted by atomic mass is 16.7. The Morgan fingerprint density at radius 1 is 1.06 bits per heavy atom. The number of ether oxygens (including phenoxy) is 5. The number of nitrogens with one attached hydrogen (secondary N) is 2. The van der Waals surface area contributed by atoms with E-state index < -0.39 is 67.0 Å². The van der Waals surface area contributed by atoms with E-state index in [9.17, 15) is 24.0 Å². The molecule has 0 radical (unpaired) electrons. The normalized spacial score (nSPS) is 24.7. The van der Waals surface area contributed by atoms with Gasteiger partial charge in [0.15, 0.2) is 17.9 Å². The molecule has 176 valence electrons. The monoisotopic (exact) mass is 456 g/mol. The van der Waals surface area contributed by atoms with Crippen molar-refractivity contribution in [2.45, 2.75) is 58.3 Å². The van der Waals surface area contributed by atoms with Gasteiger partial charge < -0.3 is 39.7 Å². The summed E-state index contributed by atoms with van der Waals surface area (Å²) in [5.74, 6) is -3.84. The molecule has 1 aromatic heterocycles. The van der Waals surface area contributed by atoms with Gasteiger partial charge in [0.2, 0.25) is 18.1 Å². The Balaban J connectivity index is 2.48. The van der Waals surface area contributed by atoms with Gasteiger partial charge in [-0.25, -0.2) is 4.98 Å². The molecule has 14 heteroatoms. The van der Waals surface area contributed by atoms with Gasteiger partial charge in [-0.3, -0.25) is 24.0 Å². The van der Waals surface area contributed by atoms with Crippen molar-refractivity contribution in [1.29, 1.82) is 0 Å². The molecule has 2 heterocycles. The second-order valence-electron chi connectivity index (χ2n) is 6.78. The van der Waals surface area contributed by atoms with Gasteiger partial charge in [0.1, 0.15) is 18.8 Å². The minimum atomic E-state index is -1.42. The molecule has 14 nitrogen and oxygen atoms in total. The van der Waals surface area contributed by atoms with Crippen LogP contribution in [0.4, 0.5) is 0 Å². The number of hydrogen-bond donors (Lipinski definition) is 3. The maximum absolute atomic E-state index is 11.9. The van der Waals surface area contributed by atoms with Crippen molar-refractivity contribution < 1.29 is 47.7 Å². The largest absolute Gasteiger partial charge is 0.463 e. The molecule has 0 aliphatic carbocycles. The molecule has 1 aliphatic heterocycles. The van der Waals surface area contributed by atoms with Crippen molar-refractivity contribution >= 4 is 29.7 Å². The number of nitrogens with zero attached hydrogens (tertiary/aromatic N) is 1. The number of hydrogen-bond acceptors (Lipinski definition) is 11. The fourth-order valence-corrected chi connectivity index (χ4v) is 3.05. The van der Waals surface area contributed by atoms with Gasteiger partial charge >= 0.3 is 17.9 Å². The second kappa shape index (κ2) is 10.6. The summed E-state index contributed by atoms with van der Waals surface area (Å²) in [5, 5.41) is 2.52. The first-order chi connectivity index (χ1) is 15.0. The fourth-order valence-electron chi connectivity index (χ4n) is 3.05. The summed E-state index contributed by atoms with van der Waals surface area (Å²) in [6.45, 7) is 4.18. The first-order valence-electron chi connectivity index (χ1n) is 9.39. The quantitative estimate of drug-likeness (QED) is 0.305. The van der Waals surface area contributed by atoms with Crippen LogP contribution in [0.1, 0.15) is 38.2 Å². The van der Waals surface area contributed by atoms with Gasteiger partial charge in [-0.05, 0) is 0 Å². The predicted octanol–water partition coefficient (Wildman–Crippen LogP) is -1.46. The number of esters is 3. The fraction of sp³-hybridized carbons (Fsp3) is 0.556. The van der Waals surface area contributed by atoms with E-state index in [0.29, 0.717) is 0 Å². The van der Waals surface area contributed by atoms with Crippen LogP contribution in [0.3, 0.4) is 0 Å². The van der Waals surface area contributed by atoms with Gasteiger partial charge in [0.05, 0.1) is 6.33 Å². The van der Waals surface area contributed by atoms with Gasteiger partial charge in [-0.15, -0.1) is 0 Å². The van der Waals surface area contributed by atoms with Gasteiger partial charge in [-0.1, -0.05) is 0 Å². The lowest BCUT2D eigenvalue weighted by molar-refractivity contribution is -0.257. The Morgan fingerprint density at radius 3 is 2.22 bits per heavy atom. The molecule has 0 spiro atoms. The zero-order valence-corrected chi connectivity index (χ0v) is 17.8. The van der Waals surface area contributed by atoms with E-state index >= 15 is 0 Å². The first kappa shape index (κ1) is 24.6. The van der Waals surface area contributed by atoms with Gasteiger partial charge in [0, 0.05) is 27.7 Å². The highest BCUT2D eigenvalue weighted by Crippen LogP contribution is 2.29. The molecule has 0 unspecified atom stereocenters. The van der Waals surface area contributed by atoms with E-state index in [0.717, 1.165) is 27.1 Å². The standard InChI is InChI=1S/C18H24N4O10/c1-7(23)22-12-15(30-10(4)26)14(29-9(3)25)11(5-28-8(2)24)31-18(12)32-17-13(16(19)27)20-6-21-17/h6,11-12,14-15,18H,5H2,1-4H3,(H2,19,27)(H,20,21)(H,22,23)/t11-,12+,14-,15-,18+/m1/s1. The number of imidazole rings is 1. The summed E-state index contributed by atoms with van der Waals surface area (Å²) in [5.41, 5.74) is 5.09. The Hall–Kier alpha value is -3.68. The molecular formula is C18H24N4O10. The van der Waals surface area contributed by atoms with E-state index in [-0.39, 0.29) is 11.6 Å². The average molecular weight is 456 g/mol. The van der Waals surface area contributed by atoms with Crippen LogP contribution in [0.15, 0.2) is 6.33 Å². The molecule has 2 rings (SSSR count). The number of primary amides is 1. The number of aromatic amines is 1. The van der Waals surface area contributed by atoms with E-state index in [1.165, 1.54) is 6.92 Å². The lowest BCUT2D eigenvalue weighted by Gasteiger charge is -2.44. The molecule has 2 amide bonds. The molecule has 0 bridgehead atoms. The van der Waals surface area contributed by atoms with Crippen molar-refractivity contribution in [3.8, 4) is 5.88 Å². The molecule has 1 fully saturated rings. The van der Waals surface area contributed by atoms with Crippen LogP contribution in [-0.2, 0) is 38.1 Å². The highest BCUT2D eigenvalue weighted by molar-refractivity contribution is 5.93. The smallest absolute Gasteiger partial charge is 0.303 e. The first-order valence-corrected chi connectivity index (χ1v) is 9.39. The van der Waals surface area contributed by atoms with Crippen molar-refractivity contribution in [2.75, 3.05) is 6.61 Å². The van der Waals surface area contributed by atoms with Crippen LogP contribution in [-0.4, -0.2) is 76.9 Å². The summed E-state index contributed by atoms with van der Waals surface area (Å²) in [6, 6.07) is -1.22. The van der Waals surface area contributed by atoms with Crippen LogP contribution in [0, 0.1) is 0 Å². The van der Waals surface area contributed by atoms with Gasteiger partial charge in [0.25, 0.3) is 5.91 Å². The van der Waals surface area contributed by atoms with Crippen LogP contribution in [0.2, 0.25) is 0 Å². The minimum Gasteiger partial charge on any atom is -0.463 e. The van der Waals surface area contributed by atoms with Crippen LogP contribution >= 0.6 is 0 Å². The maximum Gasteiger partial charge on any atom is 0.303 e. The second-order valence-corrected chi connectivity index (χ2v) is 6.78. The third-order valence-electron chi connectivity index (χ3n) is 4.15. The molecule has 4 N–H and O–H groups in total. The van der Waals surface area contributed by atoms with Crippen molar-refractivity contribution in [2.24, 2.45) is 5.73 Å². The number of aromatic nitrogens is 2. The third-order valence-corrected chi connectivity index (χ3v) is 4.15. The van der Waals surface area contributed by atoms with Crippen LogP contribution in [0.25, 0.3) is 0 Å². The van der Waals surface area contributed by atoms with E-state index in [1.54, 1.807) is 0 Å². The van der Waals surface area contributed by atoms with Crippen LogP contribution in [0.5, 0.6) is 5.88 Å². The minimum absolute atomic E-state index is 0.183. The molecule has 32 heavy (non-hydrogen) atoms. The summed E-state index contributed by atoms with van der Waals surface area (Å²) >= 11 is 0.